The van der Waals surface area contributed by atoms with Crippen LogP contribution in [0.3, 0.4) is 0 Å². The van der Waals surface area contributed by atoms with E-state index in [1.165, 1.54) is 6.07 Å². The highest BCUT2D eigenvalue weighted by atomic mass is 19.1. The van der Waals surface area contributed by atoms with E-state index in [1.807, 2.05) is 13.0 Å². The zero-order valence-corrected chi connectivity index (χ0v) is 18.1. The van der Waals surface area contributed by atoms with E-state index < -0.39 is 11.6 Å². The van der Waals surface area contributed by atoms with E-state index in [-0.39, 0.29) is 17.4 Å². The second-order valence-corrected chi connectivity index (χ2v) is 7.67. The van der Waals surface area contributed by atoms with Gasteiger partial charge in [0.25, 0.3) is 0 Å². The molecule has 1 unspecified atom stereocenters. The normalized spacial score (nSPS) is 15.7. The quantitative estimate of drug-likeness (QED) is 0.388. The summed E-state index contributed by atoms with van der Waals surface area (Å²) in [5.41, 5.74) is 2.30. The summed E-state index contributed by atoms with van der Waals surface area (Å²) >= 11 is 0. The molecule has 4 rings (SSSR count). The van der Waals surface area contributed by atoms with Crippen LogP contribution in [0.5, 0.6) is 5.75 Å². The number of amidine groups is 1. The molecule has 2 aromatic carbocycles. The van der Waals surface area contributed by atoms with Crippen molar-refractivity contribution in [3.8, 4) is 23.1 Å². The molecular formula is C25H23F2N5O. The smallest absolute Gasteiger partial charge is 0.137 e. The van der Waals surface area contributed by atoms with Gasteiger partial charge in [-0.15, -0.1) is 0 Å². The topological polar surface area (TPSA) is 88.8 Å². The number of likely N-dealkylation sites (tertiary alicyclic amines) is 1. The molecule has 8 heteroatoms. The summed E-state index contributed by atoms with van der Waals surface area (Å²) in [5, 5.41) is 17.7. The number of hydrogen-bond donors (Lipinski definition) is 2. The van der Waals surface area contributed by atoms with E-state index in [4.69, 9.17) is 10.1 Å². The van der Waals surface area contributed by atoms with Crippen LogP contribution in [0, 0.1) is 28.4 Å². The first kappa shape index (κ1) is 22.2. The minimum atomic E-state index is -0.487. The summed E-state index contributed by atoms with van der Waals surface area (Å²) < 4.78 is 33.5. The maximum absolute atomic E-state index is 14.3. The van der Waals surface area contributed by atoms with Crippen molar-refractivity contribution in [2.45, 2.75) is 25.8 Å². The number of nitriles is 1. The largest absolute Gasteiger partial charge is 0.492 e. The predicted molar refractivity (Wildman–Crippen MR) is 122 cm³/mol. The Morgan fingerprint density at radius 1 is 1.33 bits per heavy atom. The van der Waals surface area contributed by atoms with Gasteiger partial charge in [-0.1, -0.05) is 6.07 Å². The van der Waals surface area contributed by atoms with Gasteiger partial charge in [-0.05, 0) is 62.2 Å². The van der Waals surface area contributed by atoms with Gasteiger partial charge in [0.15, 0.2) is 0 Å². The fourth-order valence-electron chi connectivity index (χ4n) is 4.03. The third-order valence-corrected chi connectivity index (χ3v) is 5.59. The Bertz CT molecular complexity index is 1240. The maximum Gasteiger partial charge on any atom is 0.137 e. The molecule has 0 bridgehead atoms. The molecule has 168 valence electrons. The predicted octanol–water partition coefficient (Wildman–Crippen LogP) is 5.45. The zero-order chi connectivity index (χ0) is 23.4. The summed E-state index contributed by atoms with van der Waals surface area (Å²) in [6.45, 7) is 2.91. The number of aromatic nitrogens is 2. The lowest BCUT2D eigenvalue weighted by Gasteiger charge is -2.26. The molecular weight excluding hydrogens is 424 g/mol. The van der Waals surface area contributed by atoms with Crippen LogP contribution in [0.4, 0.5) is 8.78 Å². The number of nitrogens with zero attached hydrogens (tertiary/aromatic N) is 3. The van der Waals surface area contributed by atoms with Crippen LogP contribution in [-0.2, 0) is 0 Å². The molecule has 0 spiro atoms. The number of ether oxygens (including phenoxy) is 1. The van der Waals surface area contributed by atoms with Crippen LogP contribution in [0.1, 0.15) is 42.8 Å². The standard InChI is InChI=1S/C25H23F2N5O/c1-2-33-23-12-16(5-6-17(23)14-28)21-15-30-25(31-21)10-9-24(29)32-11-3-4-22(32)19-13-18(26)7-8-20(19)27/h5-10,12-13,15,22,29H,2-4,11H2,1H3,(H,30,31)/b10-9-,29-24?. The van der Waals surface area contributed by atoms with Crippen molar-refractivity contribution in [2.75, 3.05) is 13.2 Å². The Morgan fingerprint density at radius 2 is 2.18 bits per heavy atom. The van der Waals surface area contributed by atoms with Gasteiger partial charge in [-0.25, -0.2) is 13.8 Å². The van der Waals surface area contributed by atoms with Crippen LogP contribution in [0.2, 0.25) is 0 Å². The minimum absolute atomic E-state index is 0.205. The van der Waals surface area contributed by atoms with Gasteiger partial charge < -0.3 is 14.6 Å². The Hall–Kier alpha value is -3.99. The van der Waals surface area contributed by atoms with Gasteiger partial charge in [-0.3, -0.25) is 5.41 Å². The van der Waals surface area contributed by atoms with Crippen molar-refractivity contribution < 1.29 is 13.5 Å². The number of benzene rings is 2. The highest BCUT2D eigenvalue weighted by Crippen LogP contribution is 2.34. The SMILES string of the molecule is CCOc1cc(-c2cnc(/C=C\C(=N)N3CCCC3c3cc(F)ccc3F)[nH]2)ccc1C#N. The Morgan fingerprint density at radius 3 is 2.97 bits per heavy atom. The first-order valence-corrected chi connectivity index (χ1v) is 10.7. The number of hydrogen-bond acceptors (Lipinski definition) is 4. The number of imidazole rings is 1. The lowest BCUT2D eigenvalue weighted by Crippen LogP contribution is -2.29. The number of H-pyrrole nitrogens is 1. The van der Waals surface area contributed by atoms with Crippen molar-refractivity contribution in [3.05, 3.63) is 77.3 Å². The van der Waals surface area contributed by atoms with Crippen LogP contribution < -0.4 is 4.74 Å². The highest BCUT2D eigenvalue weighted by molar-refractivity contribution is 5.94. The summed E-state index contributed by atoms with van der Waals surface area (Å²) in [6, 6.07) is 10.5. The van der Waals surface area contributed by atoms with E-state index >= 15 is 0 Å². The van der Waals surface area contributed by atoms with Crippen molar-refractivity contribution in [1.29, 1.82) is 10.7 Å². The number of nitrogens with one attached hydrogen (secondary N) is 2. The van der Waals surface area contributed by atoms with Crippen molar-refractivity contribution in [1.82, 2.24) is 14.9 Å². The average molecular weight is 447 g/mol. The molecule has 1 aliphatic heterocycles. The number of halogens is 2. The summed E-state index contributed by atoms with van der Waals surface area (Å²) in [7, 11) is 0. The number of rotatable bonds is 6. The molecule has 0 radical (unpaired) electrons. The minimum Gasteiger partial charge on any atom is -0.492 e. The molecule has 0 aliphatic carbocycles. The Balaban J connectivity index is 1.50. The van der Waals surface area contributed by atoms with Gasteiger partial charge in [0.1, 0.15) is 35.1 Å². The van der Waals surface area contributed by atoms with E-state index in [9.17, 15) is 14.0 Å². The molecule has 1 aliphatic rings. The third-order valence-electron chi connectivity index (χ3n) is 5.59. The van der Waals surface area contributed by atoms with Gasteiger partial charge in [0.2, 0.25) is 0 Å². The first-order valence-electron chi connectivity index (χ1n) is 10.7. The molecule has 3 aromatic rings. The fraction of sp³-hybridized carbons (Fsp3) is 0.240. The number of aromatic amines is 1. The molecule has 1 fully saturated rings. The van der Waals surface area contributed by atoms with Crippen molar-refractivity contribution >= 4 is 11.9 Å². The molecule has 2 N–H and O–H groups in total. The molecule has 0 saturated carbocycles. The summed E-state index contributed by atoms with van der Waals surface area (Å²) in [4.78, 5) is 9.29. The summed E-state index contributed by atoms with van der Waals surface area (Å²) in [6.07, 6.45) is 6.39. The summed E-state index contributed by atoms with van der Waals surface area (Å²) in [5.74, 6) is 0.310. The molecule has 6 nitrogen and oxygen atoms in total. The lowest BCUT2D eigenvalue weighted by molar-refractivity contribution is 0.339. The van der Waals surface area contributed by atoms with Gasteiger partial charge in [0.05, 0.1) is 30.1 Å². The third kappa shape index (κ3) is 4.77. The molecule has 1 aromatic heterocycles. The molecule has 2 heterocycles. The van der Waals surface area contributed by atoms with E-state index in [0.717, 1.165) is 29.8 Å². The van der Waals surface area contributed by atoms with Crippen LogP contribution in [0.15, 0.2) is 48.7 Å². The van der Waals surface area contributed by atoms with Crippen molar-refractivity contribution in [2.24, 2.45) is 0 Å². The Kier molecular flexibility index (Phi) is 6.50. The maximum atomic E-state index is 14.3. The molecule has 1 saturated heterocycles. The zero-order valence-electron chi connectivity index (χ0n) is 18.1. The van der Waals surface area contributed by atoms with Crippen molar-refractivity contribution in [3.63, 3.8) is 0 Å². The second-order valence-electron chi connectivity index (χ2n) is 7.67. The van der Waals surface area contributed by atoms with Gasteiger partial charge in [-0.2, -0.15) is 5.26 Å². The Labute approximate surface area is 190 Å². The first-order chi connectivity index (χ1) is 16.0. The lowest BCUT2D eigenvalue weighted by atomic mass is 10.0. The highest BCUT2D eigenvalue weighted by Gasteiger charge is 2.29. The van der Waals surface area contributed by atoms with Gasteiger partial charge in [0, 0.05) is 17.7 Å². The van der Waals surface area contributed by atoms with Gasteiger partial charge >= 0.3 is 0 Å². The molecule has 0 amide bonds. The van der Waals surface area contributed by atoms with Crippen LogP contribution in [0.25, 0.3) is 17.3 Å². The second kappa shape index (κ2) is 9.65. The van der Waals surface area contributed by atoms with Crippen LogP contribution in [-0.4, -0.2) is 33.9 Å². The van der Waals surface area contributed by atoms with E-state index in [2.05, 4.69) is 16.0 Å². The molecule has 1 atom stereocenters. The fourth-order valence-corrected chi connectivity index (χ4v) is 4.03. The van der Waals surface area contributed by atoms with Crippen LogP contribution >= 0.6 is 0 Å². The monoisotopic (exact) mass is 447 g/mol. The van der Waals surface area contributed by atoms with E-state index in [1.54, 1.807) is 35.4 Å². The molecule has 33 heavy (non-hydrogen) atoms. The van der Waals surface area contributed by atoms with E-state index in [0.29, 0.717) is 36.7 Å². The average Bonchev–Trinajstić information content (AvgIpc) is 3.49.